The molecular weight excluding hydrogens is 205 g/mol. The Morgan fingerprint density at radius 3 is 2.46 bits per heavy atom. The van der Waals surface area contributed by atoms with Gasteiger partial charge in [0, 0.05) is 28.5 Å². The second-order valence-corrected chi connectivity index (χ2v) is 4.63. The number of hydrogen-bond acceptors (Lipinski definition) is 1. The van der Waals surface area contributed by atoms with Gasteiger partial charge in [0.25, 0.3) is 0 Å². The summed E-state index contributed by atoms with van der Waals surface area (Å²) in [4.78, 5) is 0. The van der Waals surface area contributed by atoms with Crippen molar-refractivity contribution < 1.29 is 0 Å². The number of benzene rings is 1. The molecule has 70 valence electrons. The van der Waals surface area contributed by atoms with Gasteiger partial charge in [0.15, 0.2) is 0 Å². The fourth-order valence-electron chi connectivity index (χ4n) is 1.67. The molecule has 1 aliphatic rings. The standard InChI is InChI=1S/C10H11Cl2N/c1-10(5-13-6-10)8-3-2-7(11)4-9(8)12/h2-4,13H,5-6H2,1H3. The van der Waals surface area contributed by atoms with Crippen molar-refractivity contribution in [2.24, 2.45) is 0 Å². The Labute approximate surface area is 88.0 Å². The predicted molar refractivity (Wildman–Crippen MR) is 56.7 cm³/mol. The van der Waals surface area contributed by atoms with Gasteiger partial charge in [-0.05, 0) is 17.7 Å². The maximum absolute atomic E-state index is 6.11. The summed E-state index contributed by atoms with van der Waals surface area (Å²) in [5.74, 6) is 0. The van der Waals surface area contributed by atoms with Crippen LogP contribution in [0.15, 0.2) is 18.2 Å². The van der Waals surface area contributed by atoms with Crippen molar-refractivity contribution in [2.45, 2.75) is 12.3 Å². The van der Waals surface area contributed by atoms with Gasteiger partial charge in [-0.3, -0.25) is 0 Å². The van der Waals surface area contributed by atoms with E-state index in [0.717, 1.165) is 18.1 Å². The zero-order valence-electron chi connectivity index (χ0n) is 7.40. The van der Waals surface area contributed by atoms with Crippen LogP contribution >= 0.6 is 23.2 Å². The third kappa shape index (κ3) is 1.56. The molecule has 1 N–H and O–H groups in total. The third-order valence-corrected chi connectivity index (χ3v) is 3.16. The lowest BCUT2D eigenvalue weighted by Crippen LogP contribution is -2.54. The van der Waals surface area contributed by atoms with Crippen LogP contribution in [0.5, 0.6) is 0 Å². The molecule has 0 amide bonds. The second kappa shape index (κ2) is 3.16. The molecule has 2 rings (SSSR count). The largest absolute Gasteiger partial charge is 0.315 e. The summed E-state index contributed by atoms with van der Waals surface area (Å²) >= 11 is 11.9. The van der Waals surface area contributed by atoms with Gasteiger partial charge in [0.2, 0.25) is 0 Å². The van der Waals surface area contributed by atoms with Crippen LogP contribution in [0.4, 0.5) is 0 Å². The van der Waals surface area contributed by atoms with E-state index >= 15 is 0 Å². The summed E-state index contributed by atoms with van der Waals surface area (Å²) in [6.45, 7) is 4.20. The van der Waals surface area contributed by atoms with Crippen LogP contribution in [0.1, 0.15) is 12.5 Å². The van der Waals surface area contributed by atoms with Crippen LogP contribution < -0.4 is 5.32 Å². The average molecular weight is 216 g/mol. The lowest BCUT2D eigenvalue weighted by Gasteiger charge is -2.40. The summed E-state index contributed by atoms with van der Waals surface area (Å²) in [6.07, 6.45) is 0. The van der Waals surface area contributed by atoms with Crippen molar-refractivity contribution in [3.05, 3.63) is 33.8 Å². The third-order valence-electron chi connectivity index (χ3n) is 2.61. The first-order valence-corrected chi connectivity index (χ1v) is 5.04. The van der Waals surface area contributed by atoms with Crippen molar-refractivity contribution in [3.63, 3.8) is 0 Å². The average Bonchev–Trinajstić information content (AvgIpc) is 2.00. The van der Waals surface area contributed by atoms with Crippen molar-refractivity contribution >= 4 is 23.2 Å². The molecule has 0 radical (unpaired) electrons. The van der Waals surface area contributed by atoms with Crippen LogP contribution in [0.2, 0.25) is 10.0 Å². The molecule has 3 heteroatoms. The van der Waals surface area contributed by atoms with Gasteiger partial charge in [0.05, 0.1) is 0 Å². The van der Waals surface area contributed by atoms with Gasteiger partial charge in [0.1, 0.15) is 0 Å². The number of halogens is 2. The first kappa shape index (κ1) is 9.32. The van der Waals surface area contributed by atoms with Crippen molar-refractivity contribution in [1.29, 1.82) is 0 Å². The van der Waals surface area contributed by atoms with Crippen molar-refractivity contribution in [1.82, 2.24) is 5.32 Å². The monoisotopic (exact) mass is 215 g/mol. The van der Waals surface area contributed by atoms with Gasteiger partial charge >= 0.3 is 0 Å². The Kier molecular flexibility index (Phi) is 2.26. The summed E-state index contributed by atoms with van der Waals surface area (Å²) in [6, 6.07) is 5.72. The van der Waals surface area contributed by atoms with Crippen LogP contribution in [-0.4, -0.2) is 13.1 Å². The van der Waals surface area contributed by atoms with E-state index in [1.54, 1.807) is 0 Å². The Hall–Kier alpha value is -0.240. The number of nitrogens with one attached hydrogen (secondary N) is 1. The molecule has 0 spiro atoms. The van der Waals surface area contributed by atoms with E-state index in [0.29, 0.717) is 5.02 Å². The highest BCUT2D eigenvalue weighted by Gasteiger charge is 2.34. The topological polar surface area (TPSA) is 12.0 Å². The van der Waals surface area contributed by atoms with E-state index in [2.05, 4.69) is 12.2 Å². The molecule has 1 saturated heterocycles. The zero-order chi connectivity index (χ0) is 9.47. The SMILES string of the molecule is CC1(c2ccc(Cl)cc2Cl)CNC1. The molecule has 1 aromatic rings. The fraction of sp³-hybridized carbons (Fsp3) is 0.400. The van der Waals surface area contributed by atoms with Crippen LogP contribution in [0, 0.1) is 0 Å². The quantitative estimate of drug-likeness (QED) is 0.761. The molecule has 1 aliphatic heterocycles. The van der Waals surface area contributed by atoms with Crippen LogP contribution in [0.25, 0.3) is 0 Å². The first-order chi connectivity index (χ1) is 6.12. The lowest BCUT2D eigenvalue weighted by molar-refractivity contribution is 0.306. The molecule has 0 bridgehead atoms. The zero-order valence-corrected chi connectivity index (χ0v) is 8.91. The Morgan fingerprint density at radius 1 is 1.31 bits per heavy atom. The van der Waals surface area contributed by atoms with E-state index in [1.165, 1.54) is 5.56 Å². The maximum Gasteiger partial charge on any atom is 0.0459 e. The fourth-order valence-corrected chi connectivity index (χ4v) is 2.31. The molecule has 0 aliphatic carbocycles. The molecule has 0 aromatic heterocycles. The van der Waals surface area contributed by atoms with Crippen LogP contribution in [0.3, 0.4) is 0 Å². The Balaban J connectivity index is 2.40. The minimum absolute atomic E-state index is 0.196. The molecule has 13 heavy (non-hydrogen) atoms. The molecule has 1 nitrogen and oxygen atoms in total. The molecule has 1 aromatic carbocycles. The molecule has 0 saturated carbocycles. The predicted octanol–water partition coefficient (Wildman–Crippen LogP) is 2.85. The van der Waals surface area contributed by atoms with Crippen molar-refractivity contribution in [3.8, 4) is 0 Å². The van der Waals surface area contributed by atoms with Gasteiger partial charge in [-0.2, -0.15) is 0 Å². The summed E-state index contributed by atoms with van der Waals surface area (Å²) in [7, 11) is 0. The highest BCUT2D eigenvalue weighted by atomic mass is 35.5. The van der Waals surface area contributed by atoms with E-state index in [-0.39, 0.29) is 5.41 Å². The highest BCUT2D eigenvalue weighted by Crippen LogP contribution is 2.34. The van der Waals surface area contributed by atoms with Gasteiger partial charge in [-0.15, -0.1) is 0 Å². The molecular formula is C10H11Cl2N. The van der Waals surface area contributed by atoms with Crippen molar-refractivity contribution in [2.75, 3.05) is 13.1 Å². The molecule has 0 unspecified atom stereocenters. The number of rotatable bonds is 1. The summed E-state index contributed by atoms with van der Waals surface area (Å²) in [5.41, 5.74) is 1.39. The van der Waals surface area contributed by atoms with E-state index in [1.807, 2.05) is 18.2 Å². The maximum atomic E-state index is 6.11. The molecule has 1 heterocycles. The molecule has 1 fully saturated rings. The van der Waals surface area contributed by atoms with Crippen LogP contribution in [-0.2, 0) is 5.41 Å². The van der Waals surface area contributed by atoms with Gasteiger partial charge in [-0.1, -0.05) is 36.2 Å². The van der Waals surface area contributed by atoms with E-state index < -0.39 is 0 Å². The summed E-state index contributed by atoms with van der Waals surface area (Å²) < 4.78 is 0. The summed E-state index contributed by atoms with van der Waals surface area (Å²) in [5, 5.41) is 4.72. The highest BCUT2D eigenvalue weighted by molar-refractivity contribution is 6.35. The Bertz CT molecular complexity index is 332. The second-order valence-electron chi connectivity index (χ2n) is 3.79. The van der Waals surface area contributed by atoms with Gasteiger partial charge in [-0.25, -0.2) is 0 Å². The van der Waals surface area contributed by atoms with Gasteiger partial charge < -0.3 is 5.32 Å². The van der Waals surface area contributed by atoms with E-state index in [4.69, 9.17) is 23.2 Å². The van der Waals surface area contributed by atoms with E-state index in [9.17, 15) is 0 Å². The minimum Gasteiger partial charge on any atom is -0.315 e. The first-order valence-electron chi connectivity index (χ1n) is 4.28. The Morgan fingerprint density at radius 2 is 2.00 bits per heavy atom. The molecule has 0 atom stereocenters. The lowest BCUT2D eigenvalue weighted by atomic mass is 9.77. The smallest absolute Gasteiger partial charge is 0.0459 e. The minimum atomic E-state index is 0.196. The number of hydrogen-bond donors (Lipinski definition) is 1. The normalized spacial score (nSPS) is 19.6.